The van der Waals surface area contributed by atoms with E-state index < -0.39 is 17.3 Å². The fraction of sp³-hybridized carbons (Fsp3) is 0.133. The van der Waals surface area contributed by atoms with Crippen LogP contribution in [0.2, 0.25) is 5.02 Å². The van der Waals surface area contributed by atoms with Crippen LogP contribution in [0.4, 0.5) is 13.2 Å². The maximum atomic E-state index is 12.9. The first kappa shape index (κ1) is 15.4. The summed E-state index contributed by atoms with van der Waals surface area (Å²) in [5.74, 6) is 0.393. The second-order valence-corrected chi connectivity index (χ2v) is 4.81. The summed E-state index contributed by atoms with van der Waals surface area (Å²) < 4.78 is 44.0. The monoisotopic (exact) mass is 314 g/mol. The summed E-state index contributed by atoms with van der Waals surface area (Å²) in [5, 5.41) is 0.507. The van der Waals surface area contributed by atoms with Gasteiger partial charge in [0.2, 0.25) is 0 Å². The van der Waals surface area contributed by atoms with Crippen LogP contribution in [0.3, 0.4) is 0 Å². The largest absolute Gasteiger partial charge is 0.457 e. The highest BCUT2D eigenvalue weighted by molar-refractivity contribution is 6.30. The first-order valence-electron chi connectivity index (χ1n) is 5.91. The lowest BCUT2D eigenvalue weighted by atomic mass is 10.1. The predicted octanol–water partition coefficient (Wildman–Crippen LogP) is 5.27. The number of alkyl halides is 3. The number of benzene rings is 2. The number of ether oxygens (including phenoxy) is 1. The van der Waals surface area contributed by atoms with E-state index in [2.05, 4.69) is 0 Å². The molecule has 0 bridgehead atoms. The minimum Gasteiger partial charge on any atom is -0.457 e. The molecule has 0 spiro atoms. The van der Waals surface area contributed by atoms with Crippen LogP contribution in [0.15, 0.2) is 36.4 Å². The van der Waals surface area contributed by atoms with Crippen LogP contribution in [-0.4, -0.2) is 6.29 Å². The molecule has 0 amide bonds. The van der Waals surface area contributed by atoms with Crippen molar-refractivity contribution in [3.8, 4) is 11.5 Å². The molecule has 0 heterocycles. The van der Waals surface area contributed by atoms with E-state index in [0.717, 1.165) is 12.1 Å². The molecule has 0 aliphatic rings. The molecule has 0 N–H and O–H groups in total. The van der Waals surface area contributed by atoms with Gasteiger partial charge in [0, 0.05) is 10.6 Å². The number of carbonyl (C=O) groups excluding carboxylic acids is 1. The molecule has 0 unspecified atom stereocenters. The summed E-state index contributed by atoms with van der Waals surface area (Å²) >= 11 is 5.80. The zero-order valence-corrected chi connectivity index (χ0v) is 11.6. The van der Waals surface area contributed by atoms with E-state index in [1.54, 1.807) is 25.1 Å². The topological polar surface area (TPSA) is 26.3 Å². The highest BCUT2D eigenvalue weighted by Gasteiger charge is 2.33. The smallest absolute Gasteiger partial charge is 0.417 e. The lowest BCUT2D eigenvalue weighted by Gasteiger charge is -2.13. The molecule has 21 heavy (non-hydrogen) atoms. The second-order valence-electron chi connectivity index (χ2n) is 4.38. The molecule has 0 aliphatic heterocycles. The number of carbonyl (C=O) groups is 1. The average molecular weight is 315 g/mol. The summed E-state index contributed by atoms with van der Waals surface area (Å²) in [5.41, 5.74) is -0.764. The van der Waals surface area contributed by atoms with Gasteiger partial charge in [-0.05, 0) is 48.9 Å². The molecular formula is C15H10ClF3O2. The molecule has 0 aliphatic carbocycles. The minimum absolute atomic E-state index is 0.00153. The number of hydrogen-bond donors (Lipinski definition) is 0. The van der Waals surface area contributed by atoms with Gasteiger partial charge in [0.05, 0.1) is 5.56 Å². The number of rotatable bonds is 3. The minimum atomic E-state index is -4.62. The lowest BCUT2D eigenvalue weighted by Crippen LogP contribution is -2.09. The molecule has 0 aromatic heterocycles. The Labute approximate surface area is 124 Å². The van der Waals surface area contributed by atoms with E-state index in [-0.39, 0.29) is 12.0 Å². The first-order valence-corrected chi connectivity index (χ1v) is 6.29. The van der Waals surface area contributed by atoms with E-state index in [0.29, 0.717) is 16.3 Å². The Bertz CT molecular complexity index is 681. The highest BCUT2D eigenvalue weighted by Crippen LogP contribution is 2.35. The quantitative estimate of drug-likeness (QED) is 0.721. The number of aryl methyl sites for hydroxylation is 1. The molecule has 0 radical (unpaired) electrons. The van der Waals surface area contributed by atoms with Gasteiger partial charge in [-0.2, -0.15) is 13.2 Å². The van der Waals surface area contributed by atoms with E-state index in [1.807, 2.05) is 0 Å². The first-order chi connectivity index (χ1) is 9.81. The molecule has 2 nitrogen and oxygen atoms in total. The van der Waals surface area contributed by atoms with Gasteiger partial charge < -0.3 is 4.74 Å². The van der Waals surface area contributed by atoms with Crippen LogP contribution < -0.4 is 4.74 Å². The van der Waals surface area contributed by atoms with Crippen molar-refractivity contribution >= 4 is 17.9 Å². The van der Waals surface area contributed by atoms with Crippen molar-refractivity contribution in [1.82, 2.24) is 0 Å². The van der Waals surface area contributed by atoms with Gasteiger partial charge in [0.1, 0.15) is 11.5 Å². The van der Waals surface area contributed by atoms with E-state index in [1.165, 1.54) is 6.07 Å². The van der Waals surface area contributed by atoms with Crippen LogP contribution >= 0.6 is 11.6 Å². The van der Waals surface area contributed by atoms with Gasteiger partial charge in [0.25, 0.3) is 0 Å². The molecule has 2 rings (SSSR count). The van der Waals surface area contributed by atoms with E-state index in [4.69, 9.17) is 16.3 Å². The fourth-order valence-corrected chi connectivity index (χ4v) is 2.03. The average Bonchev–Trinajstić information content (AvgIpc) is 2.41. The third-order valence-electron chi connectivity index (χ3n) is 2.82. The Hall–Kier alpha value is -2.01. The zero-order valence-electron chi connectivity index (χ0n) is 10.9. The zero-order chi connectivity index (χ0) is 15.6. The van der Waals surface area contributed by atoms with Gasteiger partial charge in [0.15, 0.2) is 6.29 Å². The summed E-state index contributed by atoms with van der Waals surface area (Å²) in [6, 6.07) is 7.98. The van der Waals surface area contributed by atoms with Crippen molar-refractivity contribution in [3.05, 3.63) is 58.1 Å². The van der Waals surface area contributed by atoms with Crippen molar-refractivity contribution in [3.63, 3.8) is 0 Å². The molecule has 110 valence electrons. The van der Waals surface area contributed by atoms with Crippen molar-refractivity contribution in [2.75, 3.05) is 0 Å². The Kier molecular flexibility index (Phi) is 4.23. The third-order valence-corrected chi connectivity index (χ3v) is 3.06. The van der Waals surface area contributed by atoms with Crippen LogP contribution in [0, 0.1) is 6.92 Å². The van der Waals surface area contributed by atoms with Gasteiger partial charge >= 0.3 is 6.18 Å². The maximum absolute atomic E-state index is 12.9. The lowest BCUT2D eigenvalue weighted by molar-refractivity contribution is -0.137. The van der Waals surface area contributed by atoms with Crippen molar-refractivity contribution in [2.45, 2.75) is 13.1 Å². The van der Waals surface area contributed by atoms with E-state index in [9.17, 15) is 18.0 Å². The standard InChI is InChI=1S/C15H10ClF3O2/c1-9-6-11(16)3-5-14(9)21-12-4-2-10(8-20)13(7-12)15(17,18)19/h2-8H,1H3. The normalized spacial score (nSPS) is 11.3. The molecule has 2 aromatic carbocycles. The predicted molar refractivity (Wildman–Crippen MR) is 73.1 cm³/mol. The molecular weight excluding hydrogens is 305 g/mol. The molecule has 6 heteroatoms. The van der Waals surface area contributed by atoms with Crippen molar-refractivity contribution in [1.29, 1.82) is 0 Å². The van der Waals surface area contributed by atoms with Gasteiger partial charge in [-0.1, -0.05) is 11.6 Å². The number of halogens is 4. The Balaban J connectivity index is 2.39. The highest BCUT2D eigenvalue weighted by atomic mass is 35.5. The Morgan fingerprint density at radius 3 is 2.43 bits per heavy atom. The number of hydrogen-bond acceptors (Lipinski definition) is 2. The van der Waals surface area contributed by atoms with E-state index >= 15 is 0 Å². The molecule has 2 aromatic rings. The van der Waals surface area contributed by atoms with Crippen molar-refractivity contribution in [2.24, 2.45) is 0 Å². The van der Waals surface area contributed by atoms with Crippen molar-refractivity contribution < 1.29 is 22.7 Å². The summed E-state index contributed by atoms with van der Waals surface area (Å²) in [6.07, 6.45) is -4.45. The van der Waals surface area contributed by atoms with Gasteiger partial charge in [-0.15, -0.1) is 0 Å². The Morgan fingerprint density at radius 1 is 1.14 bits per heavy atom. The SMILES string of the molecule is Cc1cc(Cl)ccc1Oc1ccc(C=O)c(C(F)(F)F)c1. The molecule has 0 saturated heterocycles. The maximum Gasteiger partial charge on any atom is 0.417 e. The summed E-state index contributed by atoms with van der Waals surface area (Å²) in [7, 11) is 0. The summed E-state index contributed by atoms with van der Waals surface area (Å²) in [4.78, 5) is 10.7. The van der Waals surface area contributed by atoms with Crippen LogP contribution in [0.25, 0.3) is 0 Å². The number of aldehydes is 1. The summed E-state index contributed by atoms with van der Waals surface area (Å²) in [6.45, 7) is 1.73. The van der Waals surface area contributed by atoms with Gasteiger partial charge in [-0.25, -0.2) is 0 Å². The van der Waals surface area contributed by atoms with Crippen LogP contribution in [0.1, 0.15) is 21.5 Å². The van der Waals surface area contributed by atoms with Gasteiger partial charge in [-0.3, -0.25) is 4.79 Å². The third kappa shape index (κ3) is 3.55. The fourth-order valence-electron chi connectivity index (χ4n) is 1.80. The molecule has 0 saturated carbocycles. The Morgan fingerprint density at radius 2 is 1.86 bits per heavy atom. The van der Waals surface area contributed by atoms with Crippen LogP contribution in [0.5, 0.6) is 11.5 Å². The second kappa shape index (κ2) is 5.77. The van der Waals surface area contributed by atoms with Crippen LogP contribution in [-0.2, 0) is 6.18 Å². The molecule has 0 atom stereocenters. The molecule has 0 fully saturated rings.